The second-order valence-corrected chi connectivity index (χ2v) is 2.99. The Morgan fingerprint density at radius 3 is 2.50 bits per heavy atom. The van der Waals surface area contributed by atoms with Gasteiger partial charge in [-0.2, -0.15) is 0 Å². The van der Waals surface area contributed by atoms with Gasteiger partial charge in [0.2, 0.25) is 0 Å². The van der Waals surface area contributed by atoms with E-state index in [0.29, 0.717) is 0 Å². The van der Waals surface area contributed by atoms with E-state index in [1.807, 2.05) is 0 Å². The third-order valence-corrected chi connectivity index (χ3v) is 1.74. The number of carbonyl (C=O) groups is 2. The standard InChI is InChI=1S/C9H10O7/c1-5-6(16-9(13)15-5)4-14-8(12)3-2-7(10)11/h2-4H2,1H3,(H,10,11). The molecule has 0 saturated heterocycles. The summed E-state index contributed by atoms with van der Waals surface area (Å²) in [5.74, 6) is -2.27. The molecule has 7 nitrogen and oxygen atoms in total. The summed E-state index contributed by atoms with van der Waals surface area (Å²) in [4.78, 5) is 31.8. The Labute approximate surface area is 89.6 Å². The Balaban J connectivity index is 2.40. The topological polar surface area (TPSA) is 107 Å². The molecule has 88 valence electrons. The second-order valence-electron chi connectivity index (χ2n) is 2.99. The van der Waals surface area contributed by atoms with Crippen LogP contribution in [0.5, 0.6) is 0 Å². The molecule has 1 N–H and O–H groups in total. The van der Waals surface area contributed by atoms with Crippen LogP contribution in [0.1, 0.15) is 24.4 Å². The Kier molecular flexibility index (Phi) is 3.87. The number of aryl methyl sites for hydroxylation is 1. The average molecular weight is 230 g/mol. The van der Waals surface area contributed by atoms with Gasteiger partial charge >= 0.3 is 17.8 Å². The van der Waals surface area contributed by atoms with Crippen molar-refractivity contribution < 1.29 is 28.3 Å². The van der Waals surface area contributed by atoms with Crippen molar-refractivity contribution in [3.05, 3.63) is 22.1 Å². The van der Waals surface area contributed by atoms with Gasteiger partial charge in [-0.05, 0) is 6.92 Å². The van der Waals surface area contributed by atoms with E-state index in [-0.39, 0.29) is 31.0 Å². The van der Waals surface area contributed by atoms with Crippen LogP contribution in [-0.2, 0) is 20.9 Å². The van der Waals surface area contributed by atoms with Gasteiger partial charge in [-0.1, -0.05) is 0 Å². The normalized spacial score (nSPS) is 10.1. The van der Waals surface area contributed by atoms with Crippen molar-refractivity contribution in [2.45, 2.75) is 26.4 Å². The van der Waals surface area contributed by atoms with E-state index in [2.05, 4.69) is 13.6 Å². The fraction of sp³-hybridized carbons (Fsp3) is 0.444. The predicted molar refractivity (Wildman–Crippen MR) is 48.6 cm³/mol. The molecule has 0 fully saturated rings. The summed E-state index contributed by atoms with van der Waals surface area (Å²) in [5.41, 5.74) is 0. The highest BCUT2D eigenvalue weighted by molar-refractivity contribution is 5.76. The summed E-state index contributed by atoms with van der Waals surface area (Å²) in [5, 5.41) is 8.31. The first-order valence-corrected chi connectivity index (χ1v) is 4.46. The molecular formula is C9H10O7. The number of hydrogen-bond donors (Lipinski definition) is 1. The zero-order valence-electron chi connectivity index (χ0n) is 8.52. The van der Waals surface area contributed by atoms with Gasteiger partial charge in [0.25, 0.3) is 0 Å². The van der Waals surface area contributed by atoms with Gasteiger partial charge in [0.05, 0.1) is 12.8 Å². The number of esters is 1. The molecule has 1 aromatic heterocycles. The zero-order chi connectivity index (χ0) is 12.1. The van der Waals surface area contributed by atoms with Crippen LogP contribution in [0.2, 0.25) is 0 Å². The fourth-order valence-electron chi connectivity index (χ4n) is 0.934. The monoisotopic (exact) mass is 230 g/mol. The zero-order valence-corrected chi connectivity index (χ0v) is 8.52. The van der Waals surface area contributed by atoms with Gasteiger partial charge in [-0.25, -0.2) is 4.79 Å². The number of aliphatic carboxylic acids is 1. The van der Waals surface area contributed by atoms with Gasteiger partial charge in [0.1, 0.15) is 0 Å². The van der Waals surface area contributed by atoms with E-state index >= 15 is 0 Å². The molecule has 0 unspecified atom stereocenters. The molecule has 0 bridgehead atoms. The van der Waals surface area contributed by atoms with Crippen LogP contribution >= 0.6 is 0 Å². The lowest BCUT2D eigenvalue weighted by Crippen LogP contribution is -2.07. The maximum absolute atomic E-state index is 11.0. The lowest BCUT2D eigenvalue weighted by atomic mass is 10.3. The van der Waals surface area contributed by atoms with Crippen LogP contribution in [-0.4, -0.2) is 17.0 Å². The van der Waals surface area contributed by atoms with E-state index < -0.39 is 17.8 Å². The number of carboxylic acid groups (broad SMARTS) is 1. The number of hydrogen-bond acceptors (Lipinski definition) is 6. The predicted octanol–water partition coefficient (Wildman–Crippen LogP) is 0.449. The molecule has 0 aliphatic heterocycles. The molecule has 0 amide bonds. The van der Waals surface area contributed by atoms with E-state index in [4.69, 9.17) is 5.11 Å². The molecule has 0 aliphatic carbocycles. The largest absolute Gasteiger partial charge is 0.519 e. The molecule has 0 atom stereocenters. The molecule has 0 radical (unpaired) electrons. The van der Waals surface area contributed by atoms with E-state index in [1.165, 1.54) is 6.92 Å². The summed E-state index contributed by atoms with van der Waals surface area (Å²) in [7, 11) is 0. The maximum Gasteiger partial charge on any atom is 0.519 e. The fourth-order valence-corrected chi connectivity index (χ4v) is 0.934. The summed E-state index contributed by atoms with van der Waals surface area (Å²) >= 11 is 0. The van der Waals surface area contributed by atoms with Gasteiger partial charge < -0.3 is 18.7 Å². The molecule has 0 saturated carbocycles. The third kappa shape index (κ3) is 3.60. The summed E-state index contributed by atoms with van der Waals surface area (Å²) < 4.78 is 13.8. The Morgan fingerprint density at radius 1 is 1.31 bits per heavy atom. The van der Waals surface area contributed by atoms with Crippen molar-refractivity contribution in [3.63, 3.8) is 0 Å². The lowest BCUT2D eigenvalue weighted by molar-refractivity contribution is -0.149. The molecule has 7 heteroatoms. The van der Waals surface area contributed by atoms with Crippen LogP contribution in [0.3, 0.4) is 0 Å². The van der Waals surface area contributed by atoms with Crippen LogP contribution in [0.4, 0.5) is 0 Å². The molecule has 1 rings (SSSR count). The number of ether oxygens (including phenoxy) is 1. The van der Waals surface area contributed by atoms with Crippen LogP contribution in [0.25, 0.3) is 0 Å². The Morgan fingerprint density at radius 2 is 2.00 bits per heavy atom. The van der Waals surface area contributed by atoms with Crippen molar-refractivity contribution in [1.29, 1.82) is 0 Å². The first-order chi connectivity index (χ1) is 7.49. The smallest absolute Gasteiger partial charge is 0.481 e. The average Bonchev–Trinajstić information content (AvgIpc) is 2.51. The highest BCUT2D eigenvalue weighted by Crippen LogP contribution is 2.07. The minimum absolute atomic E-state index is 0.119. The highest BCUT2D eigenvalue weighted by atomic mass is 16.6. The van der Waals surface area contributed by atoms with Crippen molar-refractivity contribution >= 4 is 11.9 Å². The van der Waals surface area contributed by atoms with Gasteiger partial charge in [0, 0.05) is 0 Å². The van der Waals surface area contributed by atoms with Crippen molar-refractivity contribution in [2.75, 3.05) is 0 Å². The summed E-state index contributed by atoms with van der Waals surface area (Å²) in [6, 6.07) is 0. The lowest BCUT2D eigenvalue weighted by Gasteiger charge is -2.00. The van der Waals surface area contributed by atoms with Crippen molar-refractivity contribution in [3.8, 4) is 0 Å². The van der Waals surface area contributed by atoms with Crippen molar-refractivity contribution in [1.82, 2.24) is 0 Å². The van der Waals surface area contributed by atoms with E-state index in [9.17, 15) is 14.4 Å². The molecular weight excluding hydrogens is 220 g/mol. The van der Waals surface area contributed by atoms with Gasteiger partial charge in [-0.3, -0.25) is 9.59 Å². The minimum Gasteiger partial charge on any atom is -0.481 e. The van der Waals surface area contributed by atoms with Crippen molar-refractivity contribution in [2.24, 2.45) is 0 Å². The number of carboxylic acids is 1. The van der Waals surface area contributed by atoms with Crippen LogP contribution in [0, 0.1) is 6.92 Å². The molecule has 0 spiro atoms. The molecule has 0 aromatic carbocycles. The molecule has 0 aliphatic rings. The molecule has 1 heterocycles. The first-order valence-electron chi connectivity index (χ1n) is 4.46. The third-order valence-electron chi connectivity index (χ3n) is 1.74. The Hall–Kier alpha value is -2.05. The highest BCUT2D eigenvalue weighted by Gasteiger charge is 2.12. The quantitative estimate of drug-likeness (QED) is 0.731. The summed E-state index contributed by atoms with van der Waals surface area (Å²) in [6.07, 6.45) is -0.524. The minimum atomic E-state index is -1.08. The number of rotatable bonds is 5. The Bertz CT molecular complexity index is 439. The van der Waals surface area contributed by atoms with Gasteiger partial charge in [-0.15, -0.1) is 0 Å². The number of carbonyl (C=O) groups excluding carboxylic acids is 1. The molecule has 1 aromatic rings. The van der Waals surface area contributed by atoms with E-state index in [0.717, 1.165) is 0 Å². The van der Waals surface area contributed by atoms with Crippen LogP contribution in [0.15, 0.2) is 13.6 Å². The maximum atomic E-state index is 11.0. The molecule has 16 heavy (non-hydrogen) atoms. The van der Waals surface area contributed by atoms with Gasteiger partial charge in [0.15, 0.2) is 18.1 Å². The van der Waals surface area contributed by atoms with E-state index in [1.54, 1.807) is 0 Å². The SMILES string of the molecule is Cc1oc(=O)oc1COC(=O)CCC(=O)O. The summed E-state index contributed by atoms with van der Waals surface area (Å²) in [6.45, 7) is 1.25. The second kappa shape index (κ2) is 5.15. The first kappa shape index (κ1) is 12.0. The van der Waals surface area contributed by atoms with Crippen LogP contribution < -0.4 is 5.82 Å².